The fourth-order valence-electron chi connectivity index (χ4n) is 7.61. The Kier molecular flexibility index (Phi) is 10.7. The number of carbonyl (C=O) groups is 2. The minimum Gasteiger partial charge on any atom is -0.496 e. The molecule has 2 saturated carbocycles. The zero-order valence-corrected chi connectivity index (χ0v) is 29.1. The monoisotopic (exact) mass is 657 g/mol. The Morgan fingerprint density at radius 2 is 1.67 bits per heavy atom. The number of hydrogen-bond acceptors (Lipinski definition) is 7. The molecule has 1 saturated heterocycles. The van der Waals surface area contributed by atoms with Crippen LogP contribution in [-0.2, 0) is 14.3 Å². The van der Waals surface area contributed by atoms with Crippen molar-refractivity contribution in [3.63, 3.8) is 0 Å². The van der Waals surface area contributed by atoms with E-state index in [9.17, 15) is 9.59 Å². The van der Waals surface area contributed by atoms with Gasteiger partial charge in [-0.1, -0.05) is 12.1 Å². The summed E-state index contributed by atoms with van der Waals surface area (Å²) in [6.07, 6.45) is 12.4. The Bertz CT molecular complexity index is 1550. The van der Waals surface area contributed by atoms with Gasteiger partial charge in [0.1, 0.15) is 11.9 Å². The number of nitrogens with one attached hydrogen (secondary N) is 1. The third-order valence-electron chi connectivity index (χ3n) is 10.7. The van der Waals surface area contributed by atoms with Crippen LogP contribution in [0.5, 0.6) is 5.75 Å². The van der Waals surface area contributed by atoms with Gasteiger partial charge in [-0.2, -0.15) is 5.10 Å². The highest BCUT2D eigenvalue weighted by Gasteiger charge is 2.37. The minimum atomic E-state index is -0.276. The van der Waals surface area contributed by atoms with E-state index in [1.807, 2.05) is 23.1 Å². The molecule has 6 rings (SSSR count). The third-order valence-corrected chi connectivity index (χ3v) is 10.7. The number of ether oxygens (including phenoxy) is 3. The van der Waals surface area contributed by atoms with Gasteiger partial charge in [0.05, 0.1) is 44.2 Å². The van der Waals surface area contributed by atoms with E-state index in [1.54, 1.807) is 19.1 Å². The van der Waals surface area contributed by atoms with E-state index >= 15 is 0 Å². The molecule has 2 aromatic heterocycles. The molecule has 3 fully saturated rings. The van der Waals surface area contributed by atoms with Gasteiger partial charge in [0, 0.05) is 37.0 Å². The van der Waals surface area contributed by atoms with Gasteiger partial charge < -0.3 is 24.4 Å². The lowest BCUT2D eigenvalue weighted by Gasteiger charge is -2.39. The number of pyridine rings is 1. The fraction of sp³-hybridized carbons (Fsp3) is 0.579. The molecule has 1 aliphatic heterocycles. The minimum absolute atomic E-state index is 0.0724. The zero-order chi connectivity index (χ0) is 33.8. The summed E-state index contributed by atoms with van der Waals surface area (Å²) >= 11 is 0. The van der Waals surface area contributed by atoms with Crippen LogP contribution in [0.15, 0.2) is 48.9 Å². The normalized spacial score (nSPS) is 23.8. The Balaban J connectivity index is 1.13. The van der Waals surface area contributed by atoms with E-state index in [4.69, 9.17) is 19.2 Å². The van der Waals surface area contributed by atoms with Gasteiger partial charge in [-0.05, 0) is 119 Å². The summed E-state index contributed by atoms with van der Waals surface area (Å²) < 4.78 is 18.5. The molecule has 1 unspecified atom stereocenters. The molecule has 3 heterocycles. The number of hydrogen-bond donors (Lipinski definition) is 1. The van der Waals surface area contributed by atoms with Crippen molar-refractivity contribution in [2.45, 2.75) is 102 Å². The number of amides is 2. The van der Waals surface area contributed by atoms with Gasteiger partial charge in [-0.25, -0.2) is 4.79 Å². The molecule has 1 N–H and O–H groups in total. The molecule has 10 nitrogen and oxygen atoms in total. The molecule has 0 radical (unpaired) electrons. The second-order valence-corrected chi connectivity index (χ2v) is 14.2. The van der Waals surface area contributed by atoms with Crippen LogP contribution in [0.25, 0.3) is 11.1 Å². The summed E-state index contributed by atoms with van der Waals surface area (Å²) in [5.41, 5.74) is 5.51. The van der Waals surface area contributed by atoms with Gasteiger partial charge >= 0.3 is 6.09 Å². The maximum absolute atomic E-state index is 13.9. The molecular formula is C38H51N5O5. The summed E-state index contributed by atoms with van der Waals surface area (Å²) in [4.78, 5) is 33.0. The molecule has 3 aliphatic rings. The van der Waals surface area contributed by atoms with Crippen molar-refractivity contribution in [2.75, 3.05) is 27.3 Å². The SMILES string of the molecule is COc1ccc(C2CCC(C(NC(=O)C3CCC(OC(=O)N4CC(OC)C4)CC3)c3cc(-c4cnn(C(C)C)c4)ccn3)CC2)cc1C. The van der Waals surface area contributed by atoms with Crippen LogP contribution in [0.3, 0.4) is 0 Å². The van der Waals surface area contributed by atoms with Crippen molar-refractivity contribution in [1.29, 1.82) is 0 Å². The Hall–Kier alpha value is -3.92. The van der Waals surface area contributed by atoms with Crippen LogP contribution in [-0.4, -0.2) is 71.2 Å². The summed E-state index contributed by atoms with van der Waals surface area (Å²) in [6, 6.07) is 10.8. The highest BCUT2D eigenvalue weighted by atomic mass is 16.6. The molecule has 3 aromatic rings. The first-order valence-corrected chi connectivity index (χ1v) is 17.7. The Morgan fingerprint density at radius 3 is 2.31 bits per heavy atom. The number of aromatic nitrogens is 3. The van der Waals surface area contributed by atoms with Crippen molar-refractivity contribution in [3.05, 3.63) is 65.7 Å². The van der Waals surface area contributed by atoms with Crippen molar-refractivity contribution in [1.82, 2.24) is 25.0 Å². The number of likely N-dealkylation sites (tertiary alicyclic amines) is 1. The standard InChI is InChI=1S/C38H51N5O5/c1-24(2)43-21-31(20-40-43)30-16-17-39-34(19-30)36(27-8-6-26(7-9-27)29-12-15-35(47-5)25(3)18-29)41-37(44)28-10-13-32(14-11-28)48-38(45)42-22-33(23-42)46-4/h12,15-21,24,26-28,32-33,36H,6-11,13-14,22-23H2,1-5H3,(H,41,44). The van der Waals surface area contributed by atoms with Crippen molar-refractivity contribution < 1.29 is 23.8 Å². The predicted octanol–water partition coefficient (Wildman–Crippen LogP) is 7.00. The van der Waals surface area contributed by atoms with Crippen LogP contribution in [0, 0.1) is 18.8 Å². The molecule has 0 spiro atoms. The van der Waals surface area contributed by atoms with E-state index in [-0.39, 0.29) is 48.1 Å². The number of rotatable bonds is 10. The third kappa shape index (κ3) is 7.69. The lowest BCUT2D eigenvalue weighted by molar-refractivity contribution is -0.128. The molecule has 48 heavy (non-hydrogen) atoms. The maximum atomic E-state index is 13.9. The largest absolute Gasteiger partial charge is 0.496 e. The van der Waals surface area contributed by atoms with Gasteiger partial charge in [-0.15, -0.1) is 0 Å². The van der Waals surface area contributed by atoms with Gasteiger partial charge in [-0.3, -0.25) is 14.5 Å². The van der Waals surface area contributed by atoms with Crippen LogP contribution in [0.1, 0.15) is 100 Å². The fourth-order valence-corrected chi connectivity index (χ4v) is 7.61. The Morgan fingerprint density at radius 1 is 0.917 bits per heavy atom. The Labute approximate surface area is 284 Å². The molecule has 0 bridgehead atoms. The lowest BCUT2D eigenvalue weighted by atomic mass is 9.74. The quantitative estimate of drug-likeness (QED) is 0.250. The summed E-state index contributed by atoms with van der Waals surface area (Å²) in [5.74, 6) is 1.63. The van der Waals surface area contributed by atoms with E-state index < -0.39 is 0 Å². The van der Waals surface area contributed by atoms with Gasteiger partial charge in [0.25, 0.3) is 0 Å². The molecule has 1 atom stereocenters. The van der Waals surface area contributed by atoms with E-state index in [2.05, 4.69) is 61.6 Å². The summed E-state index contributed by atoms with van der Waals surface area (Å²) in [5, 5.41) is 8.04. The molecule has 258 valence electrons. The number of aryl methyl sites for hydroxylation is 1. The van der Waals surface area contributed by atoms with Crippen LogP contribution < -0.4 is 10.1 Å². The number of methoxy groups -OCH3 is 2. The summed E-state index contributed by atoms with van der Waals surface area (Å²) in [7, 11) is 3.38. The molecule has 2 aliphatic carbocycles. The highest BCUT2D eigenvalue weighted by molar-refractivity contribution is 5.79. The average molecular weight is 658 g/mol. The van der Waals surface area contributed by atoms with Crippen molar-refractivity contribution in [3.8, 4) is 16.9 Å². The maximum Gasteiger partial charge on any atom is 0.410 e. The first kappa shape index (κ1) is 34.0. The smallest absolute Gasteiger partial charge is 0.410 e. The van der Waals surface area contributed by atoms with Crippen molar-refractivity contribution in [2.24, 2.45) is 11.8 Å². The first-order chi connectivity index (χ1) is 23.2. The van der Waals surface area contributed by atoms with Crippen LogP contribution in [0.2, 0.25) is 0 Å². The number of nitrogens with zero attached hydrogens (tertiary/aromatic N) is 4. The second-order valence-electron chi connectivity index (χ2n) is 14.2. The van der Waals surface area contributed by atoms with Crippen molar-refractivity contribution >= 4 is 12.0 Å². The molecule has 2 amide bonds. The molecule has 1 aromatic carbocycles. The highest BCUT2D eigenvalue weighted by Crippen LogP contribution is 2.42. The first-order valence-electron chi connectivity index (χ1n) is 17.7. The molecular weight excluding hydrogens is 606 g/mol. The molecule has 10 heteroatoms. The van der Waals surface area contributed by atoms with E-state index in [1.165, 1.54) is 5.56 Å². The van der Waals surface area contributed by atoms with Crippen LogP contribution in [0.4, 0.5) is 4.79 Å². The van der Waals surface area contributed by atoms with E-state index in [0.717, 1.165) is 53.8 Å². The lowest BCUT2D eigenvalue weighted by Crippen LogP contribution is -2.55. The second kappa shape index (κ2) is 15.1. The summed E-state index contributed by atoms with van der Waals surface area (Å²) in [6.45, 7) is 7.48. The topological polar surface area (TPSA) is 108 Å². The predicted molar refractivity (Wildman–Crippen MR) is 184 cm³/mol. The number of carbonyl (C=O) groups excluding carboxylic acids is 2. The van der Waals surface area contributed by atoms with Crippen LogP contribution >= 0.6 is 0 Å². The average Bonchev–Trinajstić information content (AvgIpc) is 3.58. The number of benzene rings is 1. The van der Waals surface area contributed by atoms with Gasteiger partial charge in [0.2, 0.25) is 5.91 Å². The van der Waals surface area contributed by atoms with E-state index in [0.29, 0.717) is 44.7 Å². The zero-order valence-electron chi connectivity index (χ0n) is 29.1. The van der Waals surface area contributed by atoms with Gasteiger partial charge in [0.15, 0.2) is 0 Å².